The molecule has 0 unspecified atom stereocenters. The Hall–Kier alpha value is -0.120. The smallest absolute Gasteiger partial charge is 0.0932 e. The van der Waals surface area contributed by atoms with Crippen molar-refractivity contribution in [2.24, 2.45) is 0 Å². The molecule has 64 valence electrons. The lowest BCUT2D eigenvalue weighted by Crippen LogP contribution is -2.44. The van der Waals surface area contributed by atoms with Crippen molar-refractivity contribution in [2.45, 2.75) is 25.0 Å². The molecular formula is C8H15NO2. The molecule has 0 amide bonds. The second-order valence-electron chi connectivity index (χ2n) is 3.40. The number of aliphatic hydroxyl groups excluding tert-OH is 1. The van der Waals surface area contributed by atoms with E-state index >= 15 is 0 Å². The highest BCUT2D eigenvalue weighted by atomic mass is 16.5. The summed E-state index contributed by atoms with van der Waals surface area (Å²) >= 11 is 0. The molecule has 0 aromatic carbocycles. The highest BCUT2D eigenvalue weighted by Crippen LogP contribution is 2.27. The lowest BCUT2D eigenvalue weighted by Gasteiger charge is -2.31. The first kappa shape index (κ1) is 7.53. The van der Waals surface area contributed by atoms with Crippen LogP contribution in [0.3, 0.4) is 0 Å². The van der Waals surface area contributed by atoms with Crippen molar-refractivity contribution < 1.29 is 9.84 Å². The van der Waals surface area contributed by atoms with E-state index in [9.17, 15) is 0 Å². The lowest BCUT2D eigenvalue weighted by atomic mass is 10.3. The standard InChI is InChI=1S/C8H15NO2/c10-6-8-5-9(3-4-11-8)7-1-2-7/h7-8,10H,1-6H2/t8-/m0/s1. The predicted molar refractivity (Wildman–Crippen MR) is 41.4 cm³/mol. The molecule has 11 heavy (non-hydrogen) atoms. The molecule has 1 N–H and O–H groups in total. The summed E-state index contributed by atoms with van der Waals surface area (Å²) in [6, 6.07) is 0.813. The Morgan fingerprint density at radius 3 is 2.91 bits per heavy atom. The normalized spacial score (nSPS) is 34.1. The van der Waals surface area contributed by atoms with Crippen LogP contribution in [0, 0.1) is 0 Å². The summed E-state index contributed by atoms with van der Waals surface area (Å²) in [5.74, 6) is 0. The van der Waals surface area contributed by atoms with Gasteiger partial charge in [0.2, 0.25) is 0 Å². The van der Waals surface area contributed by atoms with Crippen LogP contribution < -0.4 is 0 Å². The molecule has 0 bridgehead atoms. The first-order valence-electron chi connectivity index (χ1n) is 4.36. The predicted octanol–water partition coefficient (Wildman–Crippen LogP) is -0.158. The van der Waals surface area contributed by atoms with E-state index in [1.54, 1.807) is 0 Å². The first-order valence-corrected chi connectivity index (χ1v) is 4.36. The van der Waals surface area contributed by atoms with E-state index in [1.807, 2.05) is 0 Å². The van der Waals surface area contributed by atoms with Crippen molar-refractivity contribution in [1.82, 2.24) is 4.90 Å². The zero-order chi connectivity index (χ0) is 7.68. The second kappa shape index (κ2) is 3.09. The minimum atomic E-state index is 0.0735. The Morgan fingerprint density at radius 1 is 1.45 bits per heavy atom. The van der Waals surface area contributed by atoms with Gasteiger partial charge in [-0.15, -0.1) is 0 Å². The molecule has 3 heteroatoms. The molecule has 2 rings (SSSR count). The molecule has 1 atom stereocenters. The van der Waals surface area contributed by atoms with Crippen LogP contribution in [0.5, 0.6) is 0 Å². The number of rotatable bonds is 2. The van der Waals surface area contributed by atoms with E-state index < -0.39 is 0 Å². The van der Waals surface area contributed by atoms with Crippen molar-refractivity contribution in [3.63, 3.8) is 0 Å². The van der Waals surface area contributed by atoms with Crippen LogP contribution in [-0.4, -0.2) is 48.5 Å². The number of hydrogen-bond donors (Lipinski definition) is 1. The van der Waals surface area contributed by atoms with Gasteiger partial charge in [-0.3, -0.25) is 4.90 Å². The Morgan fingerprint density at radius 2 is 2.27 bits per heavy atom. The number of hydrogen-bond acceptors (Lipinski definition) is 3. The molecule has 1 heterocycles. The average Bonchev–Trinajstić information content (AvgIpc) is 2.87. The minimum absolute atomic E-state index is 0.0735. The van der Waals surface area contributed by atoms with Gasteiger partial charge in [-0.2, -0.15) is 0 Å². The van der Waals surface area contributed by atoms with Gasteiger partial charge in [0.15, 0.2) is 0 Å². The fraction of sp³-hybridized carbons (Fsp3) is 1.00. The maximum absolute atomic E-state index is 8.86. The Bertz CT molecular complexity index is 136. The van der Waals surface area contributed by atoms with Crippen LogP contribution >= 0.6 is 0 Å². The summed E-state index contributed by atoms with van der Waals surface area (Å²) in [5.41, 5.74) is 0. The molecule has 2 fully saturated rings. The molecule has 1 saturated heterocycles. The van der Waals surface area contributed by atoms with Gasteiger partial charge in [-0.05, 0) is 12.8 Å². The largest absolute Gasteiger partial charge is 0.394 e. The maximum Gasteiger partial charge on any atom is 0.0932 e. The molecule has 2 aliphatic rings. The van der Waals surface area contributed by atoms with Crippen molar-refractivity contribution >= 4 is 0 Å². The van der Waals surface area contributed by atoms with Gasteiger partial charge in [-0.1, -0.05) is 0 Å². The topological polar surface area (TPSA) is 32.7 Å². The van der Waals surface area contributed by atoms with Gasteiger partial charge in [0, 0.05) is 19.1 Å². The molecular weight excluding hydrogens is 142 g/mol. The number of nitrogens with zero attached hydrogens (tertiary/aromatic N) is 1. The molecule has 1 saturated carbocycles. The SMILES string of the molecule is OC[C@@H]1CN(C2CC2)CCO1. The average molecular weight is 157 g/mol. The maximum atomic E-state index is 8.86. The van der Waals surface area contributed by atoms with Gasteiger partial charge in [-0.25, -0.2) is 0 Å². The highest BCUT2D eigenvalue weighted by Gasteiger charge is 2.32. The van der Waals surface area contributed by atoms with Gasteiger partial charge in [0.1, 0.15) is 0 Å². The summed E-state index contributed by atoms with van der Waals surface area (Å²) < 4.78 is 5.34. The Balaban J connectivity index is 1.82. The van der Waals surface area contributed by atoms with Crippen LogP contribution in [0.25, 0.3) is 0 Å². The highest BCUT2D eigenvalue weighted by molar-refractivity contribution is 4.87. The number of ether oxygens (including phenoxy) is 1. The van der Waals surface area contributed by atoms with E-state index in [4.69, 9.17) is 9.84 Å². The van der Waals surface area contributed by atoms with Crippen LogP contribution in [0.1, 0.15) is 12.8 Å². The quantitative estimate of drug-likeness (QED) is 0.604. The van der Waals surface area contributed by atoms with Crippen molar-refractivity contribution in [2.75, 3.05) is 26.3 Å². The van der Waals surface area contributed by atoms with Crippen LogP contribution in [0.15, 0.2) is 0 Å². The number of aliphatic hydroxyl groups is 1. The van der Waals surface area contributed by atoms with E-state index in [0.717, 1.165) is 25.7 Å². The number of morpholine rings is 1. The summed E-state index contributed by atoms with van der Waals surface area (Å²) in [6.45, 7) is 2.95. The molecule has 0 spiro atoms. The molecule has 3 nitrogen and oxygen atoms in total. The third kappa shape index (κ3) is 1.72. The third-order valence-corrected chi connectivity index (χ3v) is 2.44. The first-order chi connectivity index (χ1) is 5.40. The van der Waals surface area contributed by atoms with Crippen LogP contribution in [-0.2, 0) is 4.74 Å². The van der Waals surface area contributed by atoms with E-state index in [-0.39, 0.29) is 12.7 Å². The summed E-state index contributed by atoms with van der Waals surface area (Å²) in [5, 5.41) is 8.86. The second-order valence-corrected chi connectivity index (χ2v) is 3.40. The molecule has 0 aromatic heterocycles. The molecule has 1 aliphatic carbocycles. The van der Waals surface area contributed by atoms with E-state index in [0.29, 0.717) is 0 Å². The van der Waals surface area contributed by atoms with E-state index in [1.165, 1.54) is 12.8 Å². The van der Waals surface area contributed by atoms with Crippen LogP contribution in [0.4, 0.5) is 0 Å². The third-order valence-electron chi connectivity index (χ3n) is 2.44. The molecule has 0 aromatic rings. The Kier molecular flexibility index (Phi) is 2.11. The van der Waals surface area contributed by atoms with Crippen LogP contribution in [0.2, 0.25) is 0 Å². The van der Waals surface area contributed by atoms with E-state index in [2.05, 4.69) is 4.90 Å². The van der Waals surface area contributed by atoms with Crippen molar-refractivity contribution in [1.29, 1.82) is 0 Å². The minimum Gasteiger partial charge on any atom is -0.394 e. The van der Waals surface area contributed by atoms with Gasteiger partial charge in [0.25, 0.3) is 0 Å². The monoisotopic (exact) mass is 157 g/mol. The van der Waals surface area contributed by atoms with Crippen molar-refractivity contribution in [3.8, 4) is 0 Å². The lowest BCUT2D eigenvalue weighted by molar-refractivity contribution is -0.0551. The summed E-state index contributed by atoms with van der Waals surface area (Å²) in [6.07, 6.45) is 2.76. The zero-order valence-corrected chi connectivity index (χ0v) is 6.70. The fourth-order valence-corrected chi connectivity index (χ4v) is 1.62. The van der Waals surface area contributed by atoms with Gasteiger partial charge in [0.05, 0.1) is 19.3 Å². The summed E-state index contributed by atoms with van der Waals surface area (Å²) in [4.78, 5) is 2.43. The zero-order valence-electron chi connectivity index (χ0n) is 6.70. The fourth-order valence-electron chi connectivity index (χ4n) is 1.62. The molecule has 1 aliphatic heterocycles. The summed E-state index contributed by atoms with van der Waals surface area (Å²) in [7, 11) is 0. The van der Waals surface area contributed by atoms with Gasteiger partial charge < -0.3 is 9.84 Å². The van der Waals surface area contributed by atoms with Gasteiger partial charge >= 0.3 is 0 Å². The molecule has 0 radical (unpaired) electrons. The van der Waals surface area contributed by atoms with Crippen molar-refractivity contribution in [3.05, 3.63) is 0 Å². The Labute approximate surface area is 66.9 Å².